The summed E-state index contributed by atoms with van der Waals surface area (Å²) in [6.45, 7) is 2.61. The van der Waals surface area contributed by atoms with Crippen LogP contribution in [0.4, 0.5) is 0 Å². The number of ether oxygens (including phenoxy) is 3. The molecule has 0 aromatic heterocycles. The van der Waals surface area contributed by atoms with Crippen LogP contribution in [-0.4, -0.2) is 31.5 Å². The molecule has 1 fully saturated rings. The van der Waals surface area contributed by atoms with Crippen molar-refractivity contribution in [3.8, 4) is 11.5 Å². The SMILES string of the molecule is COc1cccc(OC)c1C(O)C1(C)CCCO1. The Kier molecular flexibility index (Phi) is 3.78. The molecule has 2 rings (SSSR count). The summed E-state index contributed by atoms with van der Waals surface area (Å²) in [5, 5.41) is 10.6. The average molecular weight is 252 g/mol. The third-order valence-electron chi connectivity index (χ3n) is 3.57. The summed E-state index contributed by atoms with van der Waals surface area (Å²) in [6.07, 6.45) is 1.03. The second-order valence-electron chi connectivity index (χ2n) is 4.74. The highest BCUT2D eigenvalue weighted by atomic mass is 16.5. The molecule has 0 saturated carbocycles. The number of rotatable bonds is 4. The zero-order valence-electron chi connectivity index (χ0n) is 11.1. The molecule has 1 aliphatic rings. The fourth-order valence-electron chi connectivity index (χ4n) is 2.47. The van der Waals surface area contributed by atoms with E-state index < -0.39 is 11.7 Å². The van der Waals surface area contributed by atoms with E-state index in [1.165, 1.54) is 0 Å². The second kappa shape index (κ2) is 5.16. The summed E-state index contributed by atoms with van der Waals surface area (Å²) < 4.78 is 16.3. The van der Waals surface area contributed by atoms with Gasteiger partial charge in [0.1, 0.15) is 17.6 Å². The van der Waals surface area contributed by atoms with Crippen LogP contribution in [0.25, 0.3) is 0 Å². The van der Waals surface area contributed by atoms with Gasteiger partial charge < -0.3 is 19.3 Å². The van der Waals surface area contributed by atoms with Gasteiger partial charge >= 0.3 is 0 Å². The Balaban J connectivity index is 2.42. The number of hydrogen-bond donors (Lipinski definition) is 1. The van der Waals surface area contributed by atoms with Gasteiger partial charge in [-0.2, -0.15) is 0 Å². The lowest BCUT2D eigenvalue weighted by atomic mass is 9.89. The lowest BCUT2D eigenvalue weighted by Crippen LogP contribution is -2.32. The molecule has 100 valence electrons. The average Bonchev–Trinajstić information content (AvgIpc) is 2.85. The van der Waals surface area contributed by atoms with Gasteiger partial charge in [-0.1, -0.05) is 6.07 Å². The molecule has 0 spiro atoms. The molecule has 0 radical (unpaired) electrons. The maximum absolute atomic E-state index is 10.6. The van der Waals surface area contributed by atoms with Gasteiger partial charge in [0.15, 0.2) is 0 Å². The summed E-state index contributed by atoms with van der Waals surface area (Å²) in [6, 6.07) is 5.48. The van der Waals surface area contributed by atoms with Gasteiger partial charge in [0.25, 0.3) is 0 Å². The van der Waals surface area contributed by atoms with E-state index in [0.717, 1.165) is 12.8 Å². The van der Waals surface area contributed by atoms with E-state index in [1.807, 2.05) is 25.1 Å². The van der Waals surface area contributed by atoms with Crippen molar-refractivity contribution in [3.63, 3.8) is 0 Å². The first-order chi connectivity index (χ1) is 8.62. The third kappa shape index (κ3) is 2.18. The Morgan fingerprint density at radius 2 is 1.89 bits per heavy atom. The van der Waals surface area contributed by atoms with Gasteiger partial charge in [-0.05, 0) is 31.9 Å². The molecule has 4 heteroatoms. The molecule has 1 aromatic rings. The lowest BCUT2D eigenvalue weighted by molar-refractivity contribution is -0.0810. The van der Waals surface area contributed by atoms with Gasteiger partial charge in [-0.25, -0.2) is 0 Å². The normalized spacial score (nSPS) is 24.9. The Labute approximate surface area is 107 Å². The minimum absolute atomic E-state index is 0.568. The maximum atomic E-state index is 10.6. The highest BCUT2D eigenvalue weighted by Crippen LogP contribution is 2.44. The van der Waals surface area contributed by atoms with Crippen LogP contribution in [-0.2, 0) is 4.74 Å². The maximum Gasteiger partial charge on any atom is 0.128 e. The molecule has 0 amide bonds. The van der Waals surface area contributed by atoms with Crippen molar-refractivity contribution < 1.29 is 19.3 Å². The first-order valence-corrected chi connectivity index (χ1v) is 6.15. The largest absolute Gasteiger partial charge is 0.496 e. The van der Waals surface area contributed by atoms with Crippen LogP contribution in [0.2, 0.25) is 0 Å². The van der Waals surface area contributed by atoms with Gasteiger partial charge in [0, 0.05) is 6.61 Å². The minimum atomic E-state index is -0.758. The molecular formula is C14H20O4. The van der Waals surface area contributed by atoms with Crippen molar-refractivity contribution in [1.29, 1.82) is 0 Å². The summed E-state index contributed by atoms with van der Waals surface area (Å²) in [5.41, 5.74) is 0.0916. The number of benzene rings is 1. The first-order valence-electron chi connectivity index (χ1n) is 6.15. The van der Waals surface area contributed by atoms with Crippen molar-refractivity contribution in [1.82, 2.24) is 0 Å². The van der Waals surface area contributed by atoms with E-state index in [1.54, 1.807) is 14.2 Å². The van der Waals surface area contributed by atoms with Crippen molar-refractivity contribution >= 4 is 0 Å². The zero-order valence-corrected chi connectivity index (χ0v) is 11.1. The topological polar surface area (TPSA) is 47.9 Å². The molecule has 1 N–H and O–H groups in total. The summed E-state index contributed by atoms with van der Waals surface area (Å²) in [7, 11) is 3.17. The number of aliphatic hydroxyl groups excluding tert-OH is 1. The highest BCUT2D eigenvalue weighted by molar-refractivity contribution is 5.47. The predicted molar refractivity (Wildman–Crippen MR) is 68.1 cm³/mol. The van der Waals surface area contributed by atoms with Crippen LogP contribution in [0.15, 0.2) is 18.2 Å². The Bertz CT molecular complexity index is 388. The molecule has 1 aliphatic heterocycles. The van der Waals surface area contributed by atoms with Gasteiger partial charge in [0.05, 0.1) is 25.4 Å². The highest BCUT2D eigenvalue weighted by Gasteiger charge is 2.40. The zero-order chi connectivity index (χ0) is 13.2. The molecule has 1 heterocycles. The van der Waals surface area contributed by atoms with Gasteiger partial charge in [-0.3, -0.25) is 0 Å². The van der Waals surface area contributed by atoms with Crippen LogP contribution in [0.1, 0.15) is 31.4 Å². The van der Waals surface area contributed by atoms with E-state index in [-0.39, 0.29) is 0 Å². The van der Waals surface area contributed by atoms with E-state index >= 15 is 0 Å². The predicted octanol–water partition coefficient (Wildman–Crippen LogP) is 2.31. The van der Waals surface area contributed by atoms with E-state index in [0.29, 0.717) is 23.7 Å². The Morgan fingerprint density at radius 3 is 2.33 bits per heavy atom. The van der Waals surface area contributed by atoms with Crippen LogP contribution < -0.4 is 9.47 Å². The first kappa shape index (κ1) is 13.2. The standard InChI is InChI=1S/C14H20O4/c1-14(8-5-9-18-14)13(15)12-10(16-2)6-4-7-11(12)17-3/h4,6-7,13,15H,5,8-9H2,1-3H3. The van der Waals surface area contributed by atoms with Gasteiger partial charge in [0.2, 0.25) is 0 Å². The van der Waals surface area contributed by atoms with Crippen LogP contribution in [0.5, 0.6) is 11.5 Å². The van der Waals surface area contributed by atoms with Crippen molar-refractivity contribution in [2.75, 3.05) is 20.8 Å². The number of aliphatic hydroxyl groups is 1. The van der Waals surface area contributed by atoms with E-state index in [4.69, 9.17) is 14.2 Å². The summed E-state index contributed by atoms with van der Waals surface area (Å²) in [5.74, 6) is 1.25. The van der Waals surface area contributed by atoms with Crippen molar-refractivity contribution in [3.05, 3.63) is 23.8 Å². The monoisotopic (exact) mass is 252 g/mol. The smallest absolute Gasteiger partial charge is 0.128 e. The van der Waals surface area contributed by atoms with E-state index in [9.17, 15) is 5.11 Å². The quantitative estimate of drug-likeness (QED) is 0.893. The van der Waals surface area contributed by atoms with Crippen LogP contribution >= 0.6 is 0 Å². The number of hydrogen-bond acceptors (Lipinski definition) is 4. The summed E-state index contributed by atoms with van der Waals surface area (Å²) >= 11 is 0. The molecular weight excluding hydrogens is 232 g/mol. The Hall–Kier alpha value is -1.26. The lowest BCUT2D eigenvalue weighted by Gasteiger charge is -2.31. The van der Waals surface area contributed by atoms with Crippen molar-refractivity contribution in [2.45, 2.75) is 31.5 Å². The molecule has 2 unspecified atom stereocenters. The molecule has 1 aromatic carbocycles. The van der Waals surface area contributed by atoms with Crippen LogP contribution in [0.3, 0.4) is 0 Å². The fourth-order valence-corrected chi connectivity index (χ4v) is 2.47. The van der Waals surface area contributed by atoms with E-state index in [2.05, 4.69) is 0 Å². The van der Waals surface area contributed by atoms with Crippen LogP contribution in [0, 0.1) is 0 Å². The molecule has 0 aliphatic carbocycles. The van der Waals surface area contributed by atoms with Gasteiger partial charge in [-0.15, -0.1) is 0 Å². The third-order valence-corrected chi connectivity index (χ3v) is 3.57. The molecule has 18 heavy (non-hydrogen) atoms. The second-order valence-corrected chi connectivity index (χ2v) is 4.74. The molecule has 4 nitrogen and oxygen atoms in total. The fraction of sp³-hybridized carbons (Fsp3) is 0.571. The molecule has 1 saturated heterocycles. The molecule has 0 bridgehead atoms. The minimum Gasteiger partial charge on any atom is -0.496 e. The molecule has 2 atom stereocenters. The Morgan fingerprint density at radius 1 is 1.28 bits per heavy atom. The number of methoxy groups -OCH3 is 2. The summed E-state index contributed by atoms with van der Waals surface area (Å²) in [4.78, 5) is 0. The van der Waals surface area contributed by atoms with Crippen molar-refractivity contribution in [2.24, 2.45) is 0 Å².